The van der Waals surface area contributed by atoms with Gasteiger partial charge >= 0.3 is 12.0 Å². The molecule has 0 spiro atoms. The third-order valence-corrected chi connectivity index (χ3v) is 3.69. The standard InChI is InChI=1S/C8H15N3O.C7H12N2O.C6H11N3O/c1-8(2,3)6-9-10-7(12-6)11(4)5;1-5-8-9-6(10-5)7(2,3)4;1-6(2,3)4-8-9-5(7)10-4/h1-5H3;1-4H3;1-3H3,(H2,7,9). The number of rotatable bonds is 1. The second-order valence-corrected chi connectivity index (χ2v) is 10.6. The Morgan fingerprint density at radius 3 is 1.22 bits per heavy atom. The van der Waals surface area contributed by atoms with Gasteiger partial charge in [0.2, 0.25) is 23.6 Å². The molecule has 3 aromatic rings. The van der Waals surface area contributed by atoms with Crippen LogP contribution >= 0.6 is 0 Å². The fourth-order valence-corrected chi connectivity index (χ4v) is 1.84. The molecule has 0 bridgehead atoms. The summed E-state index contributed by atoms with van der Waals surface area (Å²) in [6.45, 7) is 20.0. The minimum atomic E-state index is -0.107. The third kappa shape index (κ3) is 8.64. The zero-order valence-corrected chi connectivity index (χ0v) is 21.4. The van der Waals surface area contributed by atoms with Crippen molar-refractivity contribution in [2.75, 3.05) is 24.7 Å². The van der Waals surface area contributed by atoms with E-state index in [0.29, 0.717) is 29.6 Å². The summed E-state index contributed by atoms with van der Waals surface area (Å²) in [5, 5.41) is 22.8. The van der Waals surface area contributed by atoms with Crippen LogP contribution in [-0.4, -0.2) is 44.7 Å². The van der Waals surface area contributed by atoms with E-state index < -0.39 is 0 Å². The van der Waals surface area contributed by atoms with Crippen molar-refractivity contribution in [3.8, 4) is 0 Å². The van der Waals surface area contributed by atoms with Crippen molar-refractivity contribution >= 4 is 12.0 Å². The van der Waals surface area contributed by atoms with E-state index in [0.717, 1.165) is 0 Å². The van der Waals surface area contributed by atoms with Crippen LogP contribution < -0.4 is 10.6 Å². The van der Waals surface area contributed by atoms with Crippen LogP contribution in [0, 0.1) is 6.92 Å². The predicted octanol–water partition coefficient (Wildman–Crippen LogP) is 4.06. The fourth-order valence-electron chi connectivity index (χ4n) is 1.84. The zero-order chi connectivity index (χ0) is 24.9. The van der Waals surface area contributed by atoms with Crippen molar-refractivity contribution in [2.45, 2.75) is 85.5 Å². The number of nitrogens with zero attached hydrogens (tertiary/aromatic N) is 7. The third-order valence-electron chi connectivity index (χ3n) is 3.69. The van der Waals surface area contributed by atoms with Crippen molar-refractivity contribution in [1.82, 2.24) is 30.6 Å². The summed E-state index contributed by atoms with van der Waals surface area (Å²) in [4.78, 5) is 1.79. The van der Waals surface area contributed by atoms with Gasteiger partial charge in [0.05, 0.1) is 0 Å². The maximum Gasteiger partial charge on any atom is 0.317 e. The molecule has 0 saturated heterocycles. The van der Waals surface area contributed by atoms with Gasteiger partial charge in [-0.25, -0.2) is 0 Å². The van der Waals surface area contributed by atoms with Crippen LogP contribution in [0.2, 0.25) is 0 Å². The van der Waals surface area contributed by atoms with Crippen molar-refractivity contribution in [3.63, 3.8) is 0 Å². The van der Waals surface area contributed by atoms with E-state index in [1.165, 1.54) is 0 Å². The predicted molar refractivity (Wildman–Crippen MR) is 122 cm³/mol. The van der Waals surface area contributed by atoms with E-state index in [-0.39, 0.29) is 22.3 Å². The summed E-state index contributed by atoms with van der Waals surface area (Å²) >= 11 is 0. The maximum absolute atomic E-state index is 5.41. The summed E-state index contributed by atoms with van der Waals surface area (Å²) in [7, 11) is 3.75. The van der Waals surface area contributed by atoms with Crippen molar-refractivity contribution < 1.29 is 13.3 Å². The van der Waals surface area contributed by atoms with Crippen LogP contribution in [0.1, 0.15) is 85.9 Å². The summed E-state index contributed by atoms with van der Waals surface area (Å²) in [6, 6.07) is 0.685. The first kappa shape index (κ1) is 27.1. The van der Waals surface area contributed by atoms with Gasteiger partial charge in [-0.2, -0.15) is 0 Å². The first-order valence-electron chi connectivity index (χ1n) is 10.3. The van der Waals surface area contributed by atoms with E-state index in [2.05, 4.69) is 30.6 Å². The van der Waals surface area contributed by atoms with E-state index in [1.54, 1.807) is 11.8 Å². The summed E-state index contributed by atoms with van der Waals surface area (Å²) < 4.78 is 15.6. The molecule has 11 heteroatoms. The molecule has 0 aromatic carbocycles. The Kier molecular flexibility index (Phi) is 8.53. The molecule has 0 fully saturated rings. The average molecular weight is 451 g/mol. The van der Waals surface area contributed by atoms with Crippen LogP contribution in [0.3, 0.4) is 0 Å². The second kappa shape index (κ2) is 10.1. The fraction of sp³-hybridized carbons (Fsp3) is 0.714. The van der Waals surface area contributed by atoms with Gasteiger partial charge in [0.25, 0.3) is 0 Å². The molecule has 0 aliphatic rings. The molecular weight excluding hydrogens is 412 g/mol. The van der Waals surface area contributed by atoms with E-state index in [4.69, 9.17) is 19.0 Å². The lowest BCUT2D eigenvalue weighted by Gasteiger charge is -2.11. The normalized spacial score (nSPS) is 11.9. The van der Waals surface area contributed by atoms with Crippen molar-refractivity contribution in [1.29, 1.82) is 0 Å². The zero-order valence-electron chi connectivity index (χ0n) is 21.4. The highest BCUT2D eigenvalue weighted by Gasteiger charge is 2.22. The number of anilines is 2. The average Bonchev–Trinajstić information content (AvgIpc) is 3.33. The van der Waals surface area contributed by atoms with Gasteiger partial charge in [0.1, 0.15) is 0 Å². The van der Waals surface area contributed by atoms with Crippen molar-refractivity contribution in [2.24, 2.45) is 0 Å². The molecule has 0 aliphatic heterocycles. The van der Waals surface area contributed by atoms with Crippen LogP contribution in [0.15, 0.2) is 13.3 Å². The van der Waals surface area contributed by atoms with Gasteiger partial charge in [-0.15, -0.1) is 20.4 Å². The molecule has 0 amide bonds. The van der Waals surface area contributed by atoms with Gasteiger partial charge in [-0.3, -0.25) is 0 Å². The summed E-state index contributed by atoms with van der Waals surface area (Å²) in [5.41, 5.74) is 5.03. The molecule has 3 aromatic heterocycles. The SMILES string of the molecule is CC(C)(C)c1nnc(N)o1.CN(C)c1nnc(C(C)(C)C)o1.Cc1nnc(C(C)(C)C)o1. The van der Waals surface area contributed by atoms with Crippen molar-refractivity contribution in [3.05, 3.63) is 23.6 Å². The molecule has 0 unspecified atom stereocenters. The largest absolute Gasteiger partial charge is 0.425 e. The number of hydrogen-bond acceptors (Lipinski definition) is 11. The minimum Gasteiger partial charge on any atom is -0.425 e. The molecule has 0 radical (unpaired) electrons. The molecule has 11 nitrogen and oxygen atoms in total. The van der Waals surface area contributed by atoms with Gasteiger partial charge in [0.15, 0.2) is 0 Å². The lowest BCUT2D eigenvalue weighted by atomic mass is 9.97. The highest BCUT2D eigenvalue weighted by Crippen LogP contribution is 2.23. The van der Waals surface area contributed by atoms with E-state index in [1.807, 2.05) is 76.4 Å². The Balaban J connectivity index is 0.000000241. The molecule has 3 rings (SSSR count). The van der Waals surface area contributed by atoms with Gasteiger partial charge in [-0.1, -0.05) is 72.5 Å². The van der Waals surface area contributed by atoms with E-state index in [9.17, 15) is 0 Å². The highest BCUT2D eigenvalue weighted by molar-refractivity contribution is 5.20. The van der Waals surface area contributed by atoms with Crippen LogP contribution in [0.5, 0.6) is 0 Å². The molecule has 180 valence electrons. The minimum absolute atomic E-state index is 0.0265. The Labute approximate surface area is 190 Å². The molecular formula is C21H38N8O3. The topological polar surface area (TPSA) is 146 Å². The quantitative estimate of drug-likeness (QED) is 0.572. The van der Waals surface area contributed by atoms with Crippen LogP contribution in [0.4, 0.5) is 12.0 Å². The first-order chi connectivity index (χ1) is 14.4. The lowest BCUT2D eigenvalue weighted by Crippen LogP contribution is -2.11. The van der Waals surface area contributed by atoms with Gasteiger partial charge in [0, 0.05) is 37.3 Å². The molecule has 0 atom stereocenters. The highest BCUT2D eigenvalue weighted by atomic mass is 16.4. The van der Waals surface area contributed by atoms with Gasteiger partial charge in [-0.05, 0) is 0 Å². The number of nitrogens with two attached hydrogens (primary N) is 1. The Morgan fingerprint density at radius 2 is 1.00 bits per heavy atom. The smallest absolute Gasteiger partial charge is 0.317 e. The number of hydrogen-bond donors (Lipinski definition) is 1. The van der Waals surface area contributed by atoms with Crippen LogP contribution in [0.25, 0.3) is 0 Å². The first-order valence-corrected chi connectivity index (χ1v) is 10.3. The van der Waals surface area contributed by atoms with Crippen LogP contribution in [-0.2, 0) is 16.2 Å². The summed E-state index contributed by atoms with van der Waals surface area (Å²) in [6.07, 6.45) is 0. The number of nitrogen functional groups attached to an aromatic ring is 1. The molecule has 0 aliphatic carbocycles. The Bertz CT molecular complexity index is 902. The number of aromatic nitrogens is 6. The molecule has 2 N–H and O–H groups in total. The Hall–Kier alpha value is -2.98. The molecule has 32 heavy (non-hydrogen) atoms. The summed E-state index contributed by atoms with van der Waals surface area (Å²) in [5.74, 6) is 2.58. The second-order valence-electron chi connectivity index (χ2n) is 10.6. The maximum atomic E-state index is 5.41. The molecule has 3 heterocycles. The Morgan fingerprint density at radius 1 is 0.594 bits per heavy atom. The molecule has 0 saturated carbocycles. The monoisotopic (exact) mass is 450 g/mol. The lowest BCUT2D eigenvalue weighted by molar-refractivity contribution is 0.380. The van der Waals surface area contributed by atoms with E-state index >= 15 is 0 Å². The number of aryl methyl sites for hydroxylation is 1. The van der Waals surface area contributed by atoms with Gasteiger partial charge < -0.3 is 23.9 Å².